The van der Waals surface area contributed by atoms with E-state index >= 15 is 0 Å². The van der Waals surface area contributed by atoms with E-state index in [1.165, 1.54) is 18.3 Å². The summed E-state index contributed by atoms with van der Waals surface area (Å²) in [5, 5.41) is 11.7. The Kier molecular flexibility index (Phi) is 4.97. The van der Waals surface area contributed by atoms with Crippen LogP contribution in [0.5, 0.6) is 0 Å². The van der Waals surface area contributed by atoms with E-state index in [4.69, 9.17) is 16.7 Å². The predicted molar refractivity (Wildman–Crippen MR) is 86.0 cm³/mol. The molecule has 21 heavy (non-hydrogen) atoms. The number of benzene rings is 1. The summed E-state index contributed by atoms with van der Waals surface area (Å²) in [6.07, 6.45) is 1.47. The molecule has 0 bridgehead atoms. The molecule has 1 heterocycles. The number of pyridine rings is 1. The lowest BCUT2D eigenvalue weighted by Gasteiger charge is -2.08. The molecule has 0 unspecified atom stereocenters. The zero-order valence-electron chi connectivity index (χ0n) is 10.2. The molecule has 1 amide bonds. The number of halogens is 3. The lowest BCUT2D eigenvalue weighted by Crippen LogP contribution is -2.13. The summed E-state index contributed by atoms with van der Waals surface area (Å²) in [5.41, 5.74) is 0.578. The first-order chi connectivity index (χ1) is 9.88. The van der Waals surface area contributed by atoms with E-state index < -0.39 is 11.9 Å². The lowest BCUT2D eigenvalue weighted by molar-refractivity contribution is 0.0695. The second-order valence-electron chi connectivity index (χ2n) is 3.95. The highest BCUT2D eigenvalue weighted by molar-refractivity contribution is 9.10. The number of rotatable bonds is 3. The van der Waals surface area contributed by atoms with Gasteiger partial charge >= 0.3 is 5.97 Å². The van der Waals surface area contributed by atoms with E-state index in [1.807, 2.05) is 0 Å². The van der Waals surface area contributed by atoms with Crippen LogP contribution in [0, 0.1) is 0 Å². The molecule has 0 fully saturated rings. The highest BCUT2D eigenvalue weighted by Crippen LogP contribution is 2.23. The zero-order chi connectivity index (χ0) is 15.6. The van der Waals surface area contributed by atoms with Gasteiger partial charge in [-0.15, -0.1) is 0 Å². The summed E-state index contributed by atoms with van der Waals surface area (Å²) in [5.74, 6) is -1.58. The lowest BCUT2D eigenvalue weighted by atomic mass is 10.2. The topological polar surface area (TPSA) is 79.3 Å². The largest absolute Gasteiger partial charge is 0.478 e. The quantitative estimate of drug-likeness (QED) is 0.710. The fourth-order valence-electron chi connectivity index (χ4n) is 1.55. The number of aromatic nitrogens is 1. The van der Waals surface area contributed by atoms with Crippen molar-refractivity contribution in [2.45, 2.75) is 0 Å². The van der Waals surface area contributed by atoms with Crippen molar-refractivity contribution in [1.82, 2.24) is 4.98 Å². The van der Waals surface area contributed by atoms with Crippen molar-refractivity contribution in [3.63, 3.8) is 0 Å². The van der Waals surface area contributed by atoms with Gasteiger partial charge in [-0.2, -0.15) is 0 Å². The van der Waals surface area contributed by atoms with Crippen LogP contribution in [-0.2, 0) is 0 Å². The van der Waals surface area contributed by atoms with Gasteiger partial charge in [-0.05, 0) is 56.1 Å². The first-order valence-electron chi connectivity index (χ1n) is 5.53. The van der Waals surface area contributed by atoms with Crippen molar-refractivity contribution >= 4 is 61.0 Å². The third kappa shape index (κ3) is 3.81. The smallest absolute Gasteiger partial charge is 0.336 e. The second-order valence-corrected chi connectivity index (χ2v) is 6.07. The number of hydrogen-bond donors (Lipinski definition) is 2. The Morgan fingerprint density at radius 3 is 2.57 bits per heavy atom. The van der Waals surface area contributed by atoms with Gasteiger partial charge in [0.1, 0.15) is 5.15 Å². The Labute approximate surface area is 141 Å². The molecule has 1 aromatic heterocycles. The zero-order valence-corrected chi connectivity index (χ0v) is 14.2. The number of carbonyl (C=O) groups is 2. The van der Waals surface area contributed by atoms with E-state index in [0.717, 1.165) is 0 Å². The molecule has 0 spiro atoms. The van der Waals surface area contributed by atoms with E-state index in [9.17, 15) is 9.59 Å². The van der Waals surface area contributed by atoms with Crippen LogP contribution >= 0.6 is 43.5 Å². The van der Waals surface area contributed by atoms with Gasteiger partial charge in [-0.3, -0.25) is 4.79 Å². The summed E-state index contributed by atoms with van der Waals surface area (Å²) in [4.78, 5) is 27.0. The van der Waals surface area contributed by atoms with Gasteiger partial charge in [0, 0.05) is 20.8 Å². The molecular formula is C13H7Br2ClN2O3. The first kappa shape index (κ1) is 15.9. The van der Waals surface area contributed by atoms with Crippen LogP contribution in [0.4, 0.5) is 5.69 Å². The van der Waals surface area contributed by atoms with Gasteiger partial charge in [-0.25, -0.2) is 9.78 Å². The average molecular weight is 434 g/mol. The molecule has 0 radical (unpaired) electrons. The number of nitrogens with one attached hydrogen (secondary N) is 1. The second kappa shape index (κ2) is 6.55. The Bertz CT molecular complexity index is 737. The highest BCUT2D eigenvalue weighted by atomic mass is 79.9. The van der Waals surface area contributed by atoms with Crippen LogP contribution in [0.1, 0.15) is 20.7 Å². The molecule has 108 valence electrons. The number of nitrogens with zero attached hydrogens (tertiary/aromatic N) is 1. The molecule has 2 rings (SSSR count). The van der Waals surface area contributed by atoms with Crippen LogP contribution in [0.3, 0.4) is 0 Å². The molecule has 8 heteroatoms. The Morgan fingerprint density at radius 1 is 1.19 bits per heavy atom. The van der Waals surface area contributed by atoms with Crippen molar-refractivity contribution in [1.29, 1.82) is 0 Å². The minimum Gasteiger partial charge on any atom is -0.478 e. The van der Waals surface area contributed by atoms with Crippen LogP contribution in [0.25, 0.3) is 0 Å². The van der Waals surface area contributed by atoms with Gasteiger partial charge in [0.2, 0.25) is 0 Å². The van der Waals surface area contributed by atoms with Gasteiger partial charge in [0.05, 0.1) is 11.1 Å². The van der Waals surface area contributed by atoms with Crippen molar-refractivity contribution < 1.29 is 14.7 Å². The van der Waals surface area contributed by atoms with Crippen molar-refractivity contribution in [3.8, 4) is 0 Å². The van der Waals surface area contributed by atoms with Gasteiger partial charge in [0.25, 0.3) is 5.91 Å². The molecular weight excluding hydrogens is 427 g/mol. The van der Waals surface area contributed by atoms with Crippen molar-refractivity contribution in [2.75, 3.05) is 5.32 Å². The maximum atomic E-state index is 12.1. The summed E-state index contributed by atoms with van der Waals surface area (Å²) < 4.78 is 1.04. The van der Waals surface area contributed by atoms with Gasteiger partial charge < -0.3 is 10.4 Å². The number of hydrogen-bond acceptors (Lipinski definition) is 3. The summed E-state index contributed by atoms with van der Waals surface area (Å²) in [6, 6.07) is 6.00. The number of anilines is 1. The number of carbonyl (C=O) groups excluding carboxylic acids is 1. The summed E-state index contributed by atoms with van der Waals surface area (Å²) in [6.45, 7) is 0. The molecule has 0 aliphatic rings. The molecule has 2 aromatic rings. The summed E-state index contributed by atoms with van der Waals surface area (Å²) in [7, 11) is 0. The standard InChI is InChI=1S/C13H7Br2ClN2O3/c14-6-3-9(11(16)17-5-6)12(19)18-7-1-2-10(15)8(4-7)13(20)21/h1-5H,(H,18,19)(H,20,21). The first-order valence-corrected chi connectivity index (χ1v) is 7.50. The number of amides is 1. The molecule has 2 N–H and O–H groups in total. The van der Waals surface area contributed by atoms with E-state index in [0.29, 0.717) is 14.6 Å². The monoisotopic (exact) mass is 432 g/mol. The molecule has 0 saturated carbocycles. The molecule has 5 nitrogen and oxygen atoms in total. The van der Waals surface area contributed by atoms with Crippen LogP contribution < -0.4 is 5.32 Å². The molecule has 0 saturated heterocycles. The fraction of sp³-hybridized carbons (Fsp3) is 0. The average Bonchev–Trinajstić information content (AvgIpc) is 2.43. The maximum Gasteiger partial charge on any atom is 0.336 e. The third-order valence-corrected chi connectivity index (χ3v) is 3.93. The highest BCUT2D eigenvalue weighted by Gasteiger charge is 2.14. The minimum atomic E-state index is -1.10. The van der Waals surface area contributed by atoms with Crippen LogP contribution in [0.2, 0.25) is 5.15 Å². The molecule has 0 aliphatic carbocycles. The van der Waals surface area contributed by atoms with E-state index in [2.05, 4.69) is 42.2 Å². The number of carboxylic acid groups (broad SMARTS) is 1. The number of aromatic carboxylic acids is 1. The molecule has 1 aromatic carbocycles. The van der Waals surface area contributed by atoms with E-state index in [1.54, 1.807) is 12.1 Å². The maximum absolute atomic E-state index is 12.1. The molecule has 0 atom stereocenters. The van der Waals surface area contributed by atoms with Crippen LogP contribution in [-0.4, -0.2) is 22.0 Å². The van der Waals surface area contributed by atoms with Gasteiger partial charge in [0.15, 0.2) is 0 Å². The Balaban J connectivity index is 2.29. The van der Waals surface area contributed by atoms with Crippen molar-refractivity contribution in [3.05, 3.63) is 55.7 Å². The third-order valence-electron chi connectivity index (χ3n) is 2.50. The summed E-state index contributed by atoms with van der Waals surface area (Å²) >= 11 is 12.2. The Hall–Kier alpha value is -1.44. The minimum absolute atomic E-state index is 0.0475. The van der Waals surface area contributed by atoms with Crippen molar-refractivity contribution in [2.24, 2.45) is 0 Å². The van der Waals surface area contributed by atoms with Crippen LogP contribution in [0.15, 0.2) is 39.4 Å². The fourth-order valence-corrected chi connectivity index (χ4v) is 2.48. The molecule has 0 aliphatic heterocycles. The SMILES string of the molecule is O=C(O)c1cc(NC(=O)c2cc(Br)cnc2Cl)ccc1Br. The van der Waals surface area contributed by atoms with Gasteiger partial charge in [-0.1, -0.05) is 11.6 Å². The normalized spacial score (nSPS) is 10.2. The predicted octanol–water partition coefficient (Wildman–Crippen LogP) is 4.21. The number of carboxylic acids is 1. The Morgan fingerprint density at radius 2 is 1.90 bits per heavy atom. The van der Waals surface area contributed by atoms with E-state index in [-0.39, 0.29) is 16.3 Å².